The first-order chi connectivity index (χ1) is 9.19. The van der Waals surface area contributed by atoms with Gasteiger partial charge in [0.2, 0.25) is 0 Å². The van der Waals surface area contributed by atoms with Gasteiger partial charge in [-0.05, 0) is 13.3 Å². The molecule has 1 unspecified atom stereocenters. The Balaban J connectivity index is 1.93. The summed E-state index contributed by atoms with van der Waals surface area (Å²) >= 11 is 0. The second-order valence-corrected chi connectivity index (χ2v) is 5.97. The minimum absolute atomic E-state index is 0.130. The predicted octanol–water partition coefficient (Wildman–Crippen LogP) is 2.39. The lowest BCUT2D eigenvalue weighted by molar-refractivity contribution is 0.0677. The maximum absolute atomic E-state index is 6.08. The quantitative estimate of drug-likeness (QED) is 0.769. The maximum atomic E-state index is 6.08. The first kappa shape index (κ1) is 14.5. The lowest BCUT2D eigenvalue weighted by Gasteiger charge is -2.43. The van der Waals surface area contributed by atoms with E-state index in [0.29, 0.717) is 0 Å². The first-order valence-electron chi connectivity index (χ1n) is 7.65. The number of unbranched alkanes of at least 4 members (excludes halogenated alkanes) is 3. The molecule has 0 saturated heterocycles. The van der Waals surface area contributed by atoms with Crippen LogP contribution >= 0.6 is 0 Å². The summed E-state index contributed by atoms with van der Waals surface area (Å²) in [7, 11) is 0. The second-order valence-electron chi connectivity index (χ2n) is 5.97. The van der Waals surface area contributed by atoms with Gasteiger partial charge in [-0.3, -0.25) is 4.90 Å². The molecular formula is C15H28N4. The van der Waals surface area contributed by atoms with E-state index in [2.05, 4.69) is 34.5 Å². The number of nitrogens with zero attached hydrogens (tertiary/aromatic N) is 3. The van der Waals surface area contributed by atoms with Crippen molar-refractivity contribution >= 4 is 0 Å². The summed E-state index contributed by atoms with van der Waals surface area (Å²) in [5.41, 5.74) is 6.21. The van der Waals surface area contributed by atoms with Crippen LogP contribution in [0.2, 0.25) is 0 Å². The monoisotopic (exact) mass is 264 g/mol. The van der Waals surface area contributed by atoms with Gasteiger partial charge in [0.15, 0.2) is 0 Å². The number of rotatable bonds is 7. The number of fused-ring (bicyclic) bond motifs is 1. The number of nitrogens with two attached hydrogens (primary N) is 1. The van der Waals surface area contributed by atoms with E-state index in [1.54, 1.807) is 0 Å². The van der Waals surface area contributed by atoms with Crippen molar-refractivity contribution in [3.63, 3.8) is 0 Å². The molecule has 1 aromatic rings. The van der Waals surface area contributed by atoms with E-state index in [4.69, 9.17) is 5.73 Å². The van der Waals surface area contributed by atoms with Crippen LogP contribution < -0.4 is 5.73 Å². The first-order valence-corrected chi connectivity index (χ1v) is 7.65. The molecule has 0 amide bonds. The van der Waals surface area contributed by atoms with Gasteiger partial charge in [0, 0.05) is 37.6 Å². The molecule has 1 aliphatic rings. The minimum Gasteiger partial charge on any atom is -0.333 e. The Morgan fingerprint density at radius 2 is 2.16 bits per heavy atom. The van der Waals surface area contributed by atoms with Crippen LogP contribution in [0.5, 0.6) is 0 Å². The van der Waals surface area contributed by atoms with E-state index in [0.717, 1.165) is 26.2 Å². The molecule has 4 heteroatoms. The number of imidazole rings is 1. The highest BCUT2D eigenvalue weighted by Gasteiger charge is 2.32. The van der Waals surface area contributed by atoms with E-state index in [1.807, 2.05) is 6.20 Å². The number of hydrogen-bond acceptors (Lipinski definition) is 3. The summed E-state index contributed by atoms with van der Waals surface area (Å²) in [6, 6.07) is 0. The van der Waals surface area contributed by atoms with Gasteiger partial charge >= 0.3 is 0 Å². The van der Waals surface area contributed by atoms with Gasteiger partial charge in [-0.25, -0.2) is 4.98 Å². The van der Waals surface area contributed by atoms with Crippen molar-refractivity contribution in [1.29, 1.82) is 0 Å². The smallest absolute Gasteiger partial charge is 0.122 e. The van der Waals surface area contributed by atoms with Crippen LogP contribution in [0.25, 0.3) is 0 Å². The molecule has 1 aromatic heterocycles. The Labute approximate surface area is 117 Å². The fourth-order valence-corrected chi connectivity index (χ4v) is 2.96. The van der Waals surface area contributed by atoms with Gasteiger partial charge in [-0.2, -0.15) is 0 Å². The molecule has 0 aliphatic carbocycles. The highest BCUT2D eigenvalue weighted by atomic mass is 15.3. The standard InChI is InChI=1S/C15H28N4/c1-3-4-5-6-7-15(2,13-16)19-11-10-18-9-8-17-14(18)12-19/h8-9H,3-7,10-13,16H2,1-2H3. The van der Waals surface area contributed by atoms with Crippen molar-refractivity contribution in [2.24, 2.45) is 5.73 Å². The van der Waals surface area contributed by atoms with Gasteiger partial charge in [-0.1, -0.05) is 32.6 Å². The normalized spacial score (nSPS) is 19.1. The van der Waals surface area contributed by atoms with Crippen molar-refractivity contribution in [3.8, 4) is 0 Å². The van der Waals surface area contributed by atoms with Crippen molar-refractivity contribution in [3.05, 3.63) is 18.2 Å². The molecule has 0 saturated carbocycles. The minimum atomic E-state index is 0.130. The second kappa shape index (κ2) is 6.53. The molecule has 0 aromatic carbocycles. The van der Waals surface area contributed by atoms with Gasteiger partial charge in [0.25, 0.3) is 0 Å². The van der Waals surface area contributed by atoms with Crippen LogP contribution in [-0.4, -0.2) is 33.1 Å². The molecule has 1 atom stereocenters. The number of hydrogen-bond donors (Lipinski definition) is 1. The third-order valence-electron chi connectivity index (χ3n) is 4.52. The molecule has 108 valence electrons. The van der Waals surface area contributed by atoms with Crippen LogP contribution in [0.1, 0.15) is 51.8 Å². The molecule has 1 aliphatic heterocycles. The van der Waals surface area contributed by atoms with Crippen molar-refractivity contribution < 1.29 is 0 Å². The molecule has 19 heavy (non-hydrogen) atoms. The lowest BCUT2D eigenvalue weighted by Crippen LogP contribution is -2.54. The third-order valence-corrected chi connectivity index (χ3v) is 4.52. The number of aromatic nitrogens is 2. The Hall–Kier alpha value is -0.870. The van der Waals surface area contributed by atoms with Crippen molar-refractivity contribution in [2.45, 2.75) is 64.6 Å². The summed E-state index contributed by atoms with van der Waals surface area (Å²) < 4.78 is 2.25. The maximum Gasteiger partial charge on any atom is 0.122 e. The van der Waals surface area contributed by atoms with E-state index < -0.39 is 0 Å². The van der Waals surface area contributed by atoms with Crippen LogP contribution in [0.4, 0.5) is 0 Å². The van der Waals surface area contributed by atoms with Crippen LogP contribution in [0, 0.1) is 0 Å². The van der Waals surface area contributed by atoms with Gasteiger partial charge < -0.3 is 10.3 Å². The summed E-state index contributed by atoms with van der Waals surface area (Å²) in [6.07, 6.45) is 10.4. The molecule has 0 bridgehead atoms. The summed E-state index contributed by atoms with van der Waals surface area (Å²) in [5.74, 6) is 1.18. The highest BCUT2D eigenvalue weighted by Crippen LogP contribution is 2.26. The van der Waals surface area contributed by atoms with E-state index in [9.17, 15) is 0 Å². The molecule has 0 spiro atoms. The molecule has 0 fully saturated rings. The average Bonchev–Trinajstić information content (AvgIpc) is 2.90. The zero-order chi connectivity index (χ0) is 13.7. The Bertz CT molecular complexity index is 387. The predicted molar refractivity (Wildman–Crippen MR) is 78.9 cm³/mol. The summed E-state index contributed by atoms with van der Waals surface area (Å²) in [6.45, 7) is 8.38. The largest absolute Gasteiger partial charge is 0.333 e. The average molecular weight is 264 g/mol. The van der Waals surface area contributed by atoms with E-state index in [1.165, 1.54) is 37.9 Å². The van der Waals surface area contributed by atoms with Crippen LogP contribution in [0.3, 0.4) is 0 Å². The highest BCUT2D eigenvalue weighted by molar-refractivity contribution is 4.99. The van der Waals surface area contributed by atoms with Crippen LogP contribution in [-0.2, 0) is 13.1 Å². The topological polar surface area (TPSA) is 47.1 Å². The van der Waals surface area contributed by atoms with Crippen molar-refractivity contribution in [2.75, 3.05) is 13.1 Å². The third kappa shape index (κ3) is 3.37. The fourth-order valence-electron chi connectivity index (χ4n) is 2.96. The van der Waals surface area contributed by atoms with Gasteiger partial charge in [0.05, 0.1) is 6.54 Å². The Morgan fingerprint density at radius 3 is 2.89 bits per heavy atom. The summed E-state index contributed by atoms with van der Waals surface area (Å²) in [5, 5.41) is 0. The molecule has 0 radical (unpaired) electrons. The van der Waals surface area contributed by atoms with Crippen LogP contribution in [0.15, 0.2) is 12.4 Å². The molecule has 2 N–H and O–H groups in total. The SMILES string of the molecule is CCCCCCC(C)(CN)N1CCn2ccnc2C1. The van der Waals surface area contributed by atoms with Gasteiger partial charge in [0.1, 0.15) is 5.82 Å². The lowest BCUT2D eigenvalue weighted by atomic mass is 9.91. The van der Waals surface area contributed by atoms with E-state index >= 15 is 0 Å². The molecule has 2 heterocycles. The Morgan fingerprint density at radius 1 is 1.32 bits per heavy atom. The van der Waals surface area contributed by atoms with E-state index in [-0.39, 0.29) is 5.54 Å². The van der Waals surface area contributed by atoms with Crippen molar-refractivity contribution in [1.82, 2.24) is 14.5 Å². The van der Waals surface area contributed by atoms with Gasteiger partial charge in [-0.15, -0.1) is 0 Å². The molecular weight excluding hydrogens is 236 g/mol. The molecule has 2 rings (SSSR count). The zero-order valence-electron chi connectivity index (χ0n) is 12.4. The summed E-state index contributed by atoms with van der Waals surface area (Å²) in [4.78, 5) is 6.97. The fraction of sp³-hybridized carbons (Fsp3) is 0.800. The Kier molecular flexibility index (Phi) is 4.99. The molecule has 4 nitrogen and oxygen atoms in total. The zero-order valence-corrected chi connectivity index (χ0v) is 12.4.